The van der Waals surface area contributed by atoms with Crippen molar-refractivity contribution in [3.8, 4) is 0 Å². The molecule has 1 aliphatic carbocycles. The molecule has 7 nitrogen and oxygen atoms in total. The largest absolute Gasteiger partial charge is 0.349 e. The van der Waals surface area contributed by atoms with E-state index in [0.717, 1.165) is 42.4 Å². The molecule has 1 fully saturated rings. The van der Waals surface area contributed by atoms with Crippen molar-refractivity contribution in [3.63, 3.8) is 0 Å². The standard InChI is InChI=1S/C18H18ClFN4O3/c19-14-7-11(20)5-6-15(14)23-16(25)9-24-10-21-8-13(18(24)27)17(26)22-12-3-1-2-4-12/h5-8,10,12H,1-4,9H2,(H,22,26)(H,23,25). The summed E-state index contributed by atoms with van der Waals surface area (Å²) in [6.45, 7) is -0.357. The molecule has 0 unspecified atom stereocenters. The fourth-order valence-electron chi connectivity index (χ4n) is 2.99. The number of benzene rings is 1. The van der Waals surface area contributed by atoms with E-state index in [0.29, 0.717) is 0 Å². The fraction of sp³-hybridized carbons (Fsp3) is 0.333. The minimum absolute atomic E-state index is 0.0403. The molecule has 0 radical (unpaired) electrons. The zero-order valence-corrected chi connectivity index (χ0v) is 15.1. The number of rotatable bonds is 5. The van der Waals surface area contributed by atoms with Crippen LogP contribution in [-0.2, 0) is 11.3 Å². The minimum atomic E-state index is -0.610. The maximum absolute atomic E-state index is 13.1. The van der Waals surface area contributed by atoms with E-state index in [2.05, 4.69) is 15.6 Å². The second-order valence-electron chi connectivity index (χ2n) is 6.37. The molecule has 1 aromatic heterocycles. The van der Waals surface area contributed by atoms with Crippen LogP contribution in [0.1, 0.15) is 36.0 Å². The summed E-state index contributed by atoms with van der Waals surface area (Å²) in [5.41, 5.74) is -0.503. The van der Waals surface area contributed by atoms with Crippen molar-refractivity contribution >= 4 is 29.1 Å². The average molecular weight is 393 g/mol. The Bertz CT molecular complexity index is 925. The maximum Gasteiger partial charge on any atom is 0.266 e. The number of halogens is 2. The summed E-state index contributed by atoms with van der Waals surface area (Å²) in [5, 5.41) is 5.36. The van der Waals surface area contributed by atoms with Gasteiger partial charge in [0.25, 0.3) is 11.5 Å². The molecule has 0 spiro atoms. The van der Waals surface area contributed by atoms with Crippen LogP contribution in [0.25, 0.3) is 0 Å². The first-order valence-electron chi connectivity index (χ1n) is 8.54. The van der Waals surface area contributed by atoms with E-state index in [1.807, 2.05) is 0 Å². The highest BCUT2D eigenvalue weighted by atomic mass is 35.5. The molecule has 0 atom stereocenters. The van der Waals surface area contributed by atoms with E-state index in [4.69, 9.17) is 11.6 Å². The van der Waals surface area contributed by atoms with Gasteiger partial charge in [-0.15, -0.1) is 0 Å². The van der Waals surface area contributed by atoms with Gasteiger partial charge in [-0.05, 0) is 31.0 Å². The fourth-order valence-corrected chi connectivity index (χ4v) is 3.20. The Balaban J connectivity index is 1.70. The monoisotopic (exact) mass is 392 g/mol. The number of carbonyl (C=O) groups is 2. The van der Waals surface area contributed by atoms with E-state index in [1.54, 1.807) is 0 Å². The van der Waals surface area contributed by atoms with Crippen LogP contribution in [0.2, 0.25) is 5.02 Å². The van der Waals surface area contributed by atoms with E-state index in [-0.39, 0.29) is 28.9 Å². The number of amides is 2. The Morgan fingerprint density at radius 2 is 2.04 bits per heavy atom. The van der Waals surface area contributed by atoms with Gasteiger partial charge in [0.1, 0.15) is 17.9 Å². The molecule has 2 N–H and O–H groups in total. The molecule has 27 heavy (non-hydrogen) atoms. The van der Waals surface area contributed by atoms with Gasteiger partial charge >= 0.3 is 0 Å². The minimum Gasteiger partial charge on any atom is -0.349 e. The highest BCUT2D eigenvalue weighted by molar-refractivity contribution is 6.33. The maximum atomic E-state index is 13.1. The third kappa shape index (κ3) is 4.71. The summed E-state index contributed by atoms with van der Waals surface area (Å²) in [4.78, 5) is 40.9. The number of hydrogen-bond acceptors (Lipinski definition) is 4. The number of aromatic nitrogens is 2. The summed E-state index contributed by atoms with van der Waals surface area (Å²) in [5.74, 6) is -1.57. The SMILES string of the molecule is O=C(Cn1cncc(C(=O)NC2CCCC2)c1=O)Nc1ccc(F)cc1Cl. The molecule has 142 valence electrons. The van der Waals surface area contributed by atoms with Crippen molar-refractivity contribution in [2.45, 2.75) is 38.3 Å². The van der Waals surface area contributed by atoms with E-state index < -0.39 is 23.2 Å². The van der Waals surface area contributed by atoms with E-state index in [9.17, 15) is 18.8 Å². The lowest BCUT2D eigenvalue weighted by molar-refractivity contribution is -0.116. The average Bonchev–Trinajstić information content (AvgIpc) is 3.12. The molecule has 1 heterocycles. The second kappa shape index (κ2) is 8.30. The van der Waals surface area contributed by atoms with Crippen LogP contribution in [0, 0.1) is 5.82 Å². The van der Waals surface area contributed by atoms with Crippen molar-refractivity contribution in [2.24, 2.45) is 0 Å². The van der Waals surface area contributed by atoms with Crippen molar-refractivity contribution in [1.29, 1.82) is 0 Å². The lowest BCUT2D eigenvalue weighted by Gasteiger charge is -2.12. The van der Waals surface area contributed by atoms with Crippen LogP contribution in [0.4, 0.5) is 10.1 Å². The zero-order valence-electron chi connectivity index (χ0n) is 14.4. The molecule has 0 aliphatic heterocycles. The number of anilines is 1. The van der Waals surface area contributed by atoms with Gasteiger partial charge in [0, 0.05) is 12.2 Å². The first-order valence-corrected chi connectivity index (χ1v) is 8.92. The molecular weight excluding hydrogens is 375 g/mol. The highest BCUT2D eigenvalue weighted by Gasteiger charge is 2.21. The van der Waals surface area contributed by atoms with Gasteiger partial charge in [0.15, 0.2) is 0 Å². The van der Waals surface area contributed by atoms with Crippen molar-refractivity contribution < 1.29 is 14.0 Å². The molecule has 1 saturated carbocycles. The quantitative estimate of drug-likeness (QED) is 0.816. The summed E-state index contributed by atoms with van der Waals surface area (Å²) in [6, 6.07) is 3.61. The first-order chi connectivity index (χ1) is 12.9. The molecule has 2 amide bonds. The van der Waals surface area contributed by atoms with E-state index >= 15 is 0 Å². The predicted octanol–water partition coefficient (Wildman–Crippen LogP) is 2.35. The van der Waals surface area contributed by atoms with Crippen LogP contribution >= 0.6 is 11.6 Å². The Labute approximate surface area is 159 Å². The van der Waals surface area contributed by atoms with Crippen molar-refractivity contribution in [2.75, 3.05) is 5.32 Å². The van der Waals surface area contributed by atoms with Crippen LogP contribution in [-0.4, -0.2) is 27.4 Å². The summed E-state index contributed by atoms with van der Waals surface area (Å²) < 4.78 is 14.1. The van der Waals surface area contributed by atoms with Gasteiger partial charge in [-0.3, -0.25) is 19.0 Å². The lowest BCUT2D eigenvalue weighted by atomic mass is 10.2. The highest BCUT2D eigenvalue weighted by Crippen LogP contribution is 2.22. The molecular formula is C18H18ClFN4O3. The molecule has 0 saturated heterocycles. The summed E-state index contributed by atoms with van der Waals surface area (Å²) in [6.07, 6.45) is 6.25. The molecule has 0 bridgehead atoms. The summed E-state index contributed by atoms with van der Waals surface area (Å²) >= 11 is 5.87. The third-order valence-corrected chi connectivity index (χ3v) is 4.67. The molecule has 1 aromatic carbocycles. The third-order valence-electron chi connectivity index (χ3n) is 4.36. The van der Waals surface area contributed by atoms with Crippen molar-refractivity contribution in [3.05, 3.63) is 57.5 Å². The number of nitrogens with one attached hydrogen (secondary N) is 2. The van der Waals surface area contributed by atoms with Crippen LogP contribution in [0.15, 0.2) is 35.5 Å². The Kier molecular flexibility index (Phi) is 5.85. The number of nitrogens with zero attached hydrogens (tertiary/aromatic N) is 2. The van der Waals surface area contributed by atoms with E-state index in [1.165, 1.54) is 18.6 Å². The number of hydrogen-bond donors (Lipinski definition) is 2. The zero-order chi connectivity index (χ0) is 19.4. The van der Waals surface area contributed by atoms with Crippen LogP contribution in [0.5, 0.6) is 0 Å². The smallest absolute Gasteiger partial charge is 0.266 e. The number of carbonyl (C=O) groups excluding carboxylic acids is 2. The molecule has 1 aliphatic rings. The summed E-state index contributed by atoms with van der Waals surface area (Å²) in [7, 11) is 0. The van der Waals surface area contributed by atoms with Gasteiger partial charge in [-0.1, -0.05) is 24.4 Å². The van der Waals surface area contributed by atoms with Gasteiger partial charge in [-0.25, -0.2) is 9.37 Å². The Morgan fingerprint density at radius 3 is 2.74 bits per heavy atom. The van der Waals surface area contributed by atoms with Gasteiger partial charge in [0.2, 0.25) is 5.91 Å². The topological polar surface area (TPSA) is 93.1 Å². The second-order valence-corrected chi connectivity index (χ2v) is 6.77. The molecule has 3 rings (SSSR count). The van der Waals surface area contributed by atoms with Crippen LogP contribution < -0.4 is 16.2 Å². The van der Waals surface area contributed by atoms with Gasteiger partial charge in [0.05, 0.1) is 17.0 Å². The Morgan fingerprint density at radius 1 is 1.30 bits per heavy atom. The predicted molar refractivity (Wildman–Crippen MR) is 98.3 cm³/mol. The molecule has 9 heteroatoms. The normalized spacial score (nSPS) is 14.1. The van der Waals surface area contributed by atoms with Gasteiger partial charge in [-0.2, -0.15) is 0 Å². The van der Waals surface area contributed by atoms with Gasteiger partial charge < -0.3 is 10.6 Å². The van der Waals surface area contributed by atoms with Crippen LogP contribution in [0.3, 0.4) is 0 Å². The molecule has 2 aromatic rings. The van der Waals surface area contributed by atoms with Crippen molar-refractivity contribution in [1.82, 2.24) is 14.9 Å². The lowest BCUT2D eigenvalue weighted by Crippen LogP contribution is -2.38. The Hall–Kier alpha value is -2.74. The first kappa shape index (κ1) is 19.0.